The number of H-pyrrole nitrogens is 1. The summed E-state index contributed by atoms with van der Waals surface area (Å²) in [4.78, 5) is 23.8. The topological polar surface area (TPSA) is 101 Å². The number of nitrogens with one attached hydrogen (secondary N) is 2. The summed E-state index contributed by atoms with van der Waals surface area (Å²) in [6.07, 6.45) is 12.3. The van der Waals surface area contributed by atoms with E-state index in [0.717, 1.165) is 24.8 Å². The van der Waals surface area contributed by atoms with Crippen molar-refractivity contribution >= 4 is 6.08 Å². The van der Waals surface area contributed by atoms with Crippen LogP contribution in [0.3, 0.4) is 0 Å². The molecule has 2 N–H and O–H groups in total. The molecule has 5 heterocycles. The quantitative estimate of drug-likeness (QED) is 0.692. The van der Waals surface area contributed by atoms with Crippen LogP contribution >= 0.6 is 0 Å². The van der Waals surface area contributed by atoms with Gasteiger partial charge in [0, 0.05) is 30.7 Å². The summed E-state index contributed by atoms with van der Waals surface area (Å²) < 4.78 is 16.8. The monoisotopic (exact) mass is 407 g/mol. The molecular formula is C21H22FN7O. The molecule has 2 bridgehead atoms. The van der Waals surface area contributed by atoms with E-state index in [1.54, 1.807) is 35.6 Å². The van der Waals surface area contributed by atoms with Gasteiger partial charge in [-0.1, -0.05) is 0 Å². The lowest BCUT2D eigenvalue weighted by Gasteiger charge is -2.47. The van der Waals surface area contributed by atoms with Crippen molar-refractivity contribution in [3.05, 3.63) is 58.7 Å². The Bertz CT molecular complexity index is 1140. The Morgan fingerprint density at radius 1 is 1.37 bits per heavy atom. The Labute approximate surface area is 172 Å². The van der Waals surface area contributed by atoms with Crippen LogP contribution in [0.2, 0.25) is 0 Å². The van der Waals surface area contributed by atoms with Crippen LogP contribution in [0.4, 0.5) is 4.39 Å². The van der Waals surface area contributed by atoms with E-state index < -0.39 is 11.7 Å². The average molecular weight is 407 g/mol. The Morgan fingerprint density at radius 3 is 3.00 bits per heavy atom. The minimum atomic E-state index is -1.06. The van der Waals surface area contributed by atoms with Crippen LogP contribution in [0.15, 0.2) is 47.5 Å². The number of halogens is 1. The van der Waals surface area contributed by atoms with E-state index >= 15 is 4.39 Å². The fourth-order valence-electron chi connectivity index (χ4n) is 4.46. The van der Waals surface area contributed by atoms with Crippen LogP contribution in [0.1, 0.15) is 38.3 Å². The van der Waals surface area contributed by atoms with Crippen molar-refractivity contribution in [2.45, 2.75) is 50.4 Å². The number of hydrogen-bond acceptors (Lipinski definition) is 6. The van der Waals surface area contributed by atoms with Gasteiger partial charge in [0.25, 0.3) is 0 Å². The van der Waals surface area contributed by atoms with Crippen LogP contribution in [-0.2, 0) is 0 Å². The molecule has 1 unspecified atom stereocenters. The number of fused-ring (bicyclic) bond motifs is 2. The number of alkyl halides is 1. The molecule has 2 fully saturated rings. The molecular weight excluding hydrogens is 385 g/mol. The van der Waals surface area contributed by atoms with Crippen molar-refractivity contribution < 1.29 is 4.39 Å². The van der Waals surface area contributed by atoms with Gasteiger partial charge >= 0.3 is 0 Å². The summed E-state index contributed by atoms with van der Waals surface area (Å²) in [7, 11) is 0. The fraction of sp³-hybridized carbons (Fsp3) is 0.381. The highest BCUT2D eigenvalue weighted by atomic mass is 19.1. The maximum atomic E-state index is 15.1. The summed E-state index contributed by atoms with van der Waals surface area (Å²) in [5.74, 6) is 0.816. The lowest BCUT2D eigenvalue weighted by atomic mass is 9.74. The Balaban J connectivity index is 1.40. The first kappa shape index (κ1) is 18.8. The molecule has 0 amide bonds. The molecule has 30 heavy (non-hydrogen) atoms. The van der Waals surface area contributed by atoms with Gasteiger partial charge in [-0.25, -0.2) is 14.4 Å². The predicted octanol–water partition coefficient (Wildman–Crippen LogP) is 2.44. The predicted molar refractivity (Wildman–Crippen MR) is 110 cm³/mol. The molecule has 0 spiro atoms. The van der Waals surface area contributed by atoms with E-state index in [-0.39, 0.29) is 11.3 Å². The first-order valence-electron chi connectivity index (χ1n) is 10.1. The molecule has 0 aromatic carbocycles. The Hall–Kier alpha value is -3.20. The van der Waals surface area contributed by atoms with Gasteiger partial charge in [0.2, 0.25) is 0 Å². The van der Waals surface area contributed by atoms with Gasteiger partial charge in [0.05, 0.1) is 17.3 Å². The molecule has 0 saturated carbocycles. The first-order chi connectivity index (χ1) is 14.5. The molecule has 3 atom stereocenters. The number of aromatic nitrogens is 6. The molecule has 9 heteroatoms. The maximum Gasteiger partial charge on any atom is 0.194 e. The fourth-order valence-corrected chi connectivity index (χ4v) is 4.46. The van der Waals surface area contributed by atoms with Crippen LogP contribution in [-0.4, -0.2) is 47.5 Å². The van der Waals surface area contributed by atoms with Crippen LogP contribution in [0, 0.1) is 0 Å². The maximum absolute atomic E-state index is 15.1. The van der Waals surface area contributed by atoms with E-state index in [2.05, 4.69) is 30.5 Å². The standard InChI is InChI=1S/C21H22FN7O/c1-21-4-2-3-14(26-21)7-13(19(21)22)8-15-10-25-20(28-27-15)16-11-24-18(9-17(16)30)29-6-5-23-12-29/h5-6,8-12,14,19,26H,2-4,7H2,1H3,(H,24,30)/b13-8+/t14?,19-,21-/m0/s1. The van der Waals surface area contributed by atoms with Crippen LogP contribution in [0.25, 0.3) is 23.3 Å². The second kappa shape index (κ2) is 7.24. The SMILES string of the molecule is C[C@]12CCCC(C/C(=C\c3cnc(-c4c[nH]c(-n5ccnc5)cc4=O)nn3)[C@@H]1F)N2. The third-order valence-electron chi connectivity index (χ3n) is 5.98. The van der Waals surface area contributed by atoms with Gasteiger partial charge in [-0.2, -0.15) is 0 Å². The van der Waals surface area contributed by atoms with Gasteiger partial charge in [0.1, 0.15) is 24.0 Å². The van der Waals surface area contributed by atoms with E-state index in [1.807, 2.05) is 6.92 Å². The van der Waals surface area contributed by atoms with Crippen molar-refractivity contribution in [3.63, 3.8) is 0 Å². The Morgan fingerprint density at radius 2 is 2.27 bits per heavy atom. The third kappa shape index (κ3) is 3.35. The minimum absolute atomic E-state index is 0.224. The molecule has 8 nitrogen and oxygen atoms in total. The average Bonchev–Trinajstić information content (AvgIpc) is 3.28. The van der Waals surface area contributed by atoms with E-state index in [9.17, 15) is 4.79 Å². The lowest BCUT2D eigenvalue weighted by Crippen LogP contribution is -2.61. The van der Waals surface area contributed by atoms with Crippen molar-refractivity contribution in [1.82, 2.24) is 35.0 Å². The normalized spacial score (nSPS) is 27.3. The summed E-state index contributed by atoms with van der Waals surface area (Å²) >= 11 is 0. The zero-order valence-electron chi connectivity index (χ0n) is 16.5. The largest absolute Gasteiger partial charge is 0.347 e. The molecule has 0 radical (unpaired) electrons. The van der Waals surface area contributed by atoms with Gasteiger partial charge in [0.15, 0.2) is 11.3 Å². The van der Waals surface area contributed by atoms with Crippen molar-refractivity contribution in [3.8, 4) is 17.2 Å². The number of imidazole rings is 1. The molecule has 3 aromatic rings. The highest BCUT2D eigenvalue weighted by Gasteiger charge is 2.45. The minimum Gasteiger partial charge on any atom is -0.347 e. The highest BCUT2D eigenvalue weighted by molar-refractivity contribution is 5.56. The molecule has 3 aromatic heterocycles. The van der Waals surface area contributed by atoms with Gasteiger partial charge in [-0.3, -0.25) is 9.36 Å². The van der Waals surface area contributed by atoms with E-state index in [0.29, 0.717) is 29.5 Å². The number of pyridine rings is 1. The molecule has 2 aliphatic rings. The summed E-state index contributed by atoms with van der Waals surface area (Å²) in [6, 6.07) is 1.76. The first-order valence-corrected chi connectivity index (χ1v) is 10.1. The van der Waals surface area contributed by atoms with E-state index in [1.165, 1.54) is 12.3 Å². The van der Waals surface area contributed by atoms with Crippen LogP contribution < -0.4 is 10.7 Å². The van der Waals surface area contributed by atoms with Crippen molar-refractivity contribution in [2.24, 2.45) is 0 Å². The number of piperidine rings is 2. The number of aromatic amines is 1. The molecule has 154 valence electrons. The lowest BCUT2D eigenvalue weighted by molar-refractivity contribution is 0.0993. The summed E-state index contributed by atoms with van der Waals surface area (Å²) in [5.41, 5.74) is 0.794. The number of rotatable bonds is 3. The number of hydrogen-bond donors (Lipinski definition) is 2. The summed E-state index contributed by atoms with van der Waals surface area (Å²) in [5, 5.41) is 11.7. The zero-order valence-corrected chi connectivity index (χ0v) is 16.5. The van der Waals surface area contributed by atoms with Gasteiger partial charge in [-0.05, 0) is 44.3 Å². The smallest absolute Gasteiger partial charge is 0.194 e. The Kier molecular flexibility index (Phi) is 4.54. The third-order valence-corrected chi connectivity index (χ3v) is 5.98. The molecule has 2 aliphatic heterocycles. The van der Waals surface area contributed by atoms with Crippen molar-refractivity contribution in [1.29, 1.82) is 0 Å². The molecule has 2 saturated heterocycles. The second-order valence-corrected chi connectivity index (χ2v) is 8.21. The van der Waals surface area contributed by atoms with Crippen LogP contribution in [0.5, 0.6) is 0 Å². The van der Waals surface area contributed by atoms with E-state index in [4.69, 9.17) is 0 Å². The second-order valence-electron chi connectivity index (χ2n) is 8.21. The zero-order chi connectivity index (χ0) is 20.7. The molecule has 0 aliphatic carbocycles. The van der Waals surface area contributed by atoms with Crippen molar-refractivity contribution in [2.75, 3.05) is 0 Å². The van der Waals surface area contributed by atoms with Gasteiger partial charge < -0.3 is 10.3 Å². The highest BCUT2D eigenvalue weighted by Crippen LogP contribution is 2.39. The number of nitrogens with zero attached hydrogens (tertiary/aromatic N) is 5. The van der Waals surface area contributed by atoms with Gasteiger partial charge in [-0.15, -0.1) is 10.2 Å². The molecule has 5 rings (SSSR count). The summed E-state index contributed by atoms with van der Waals surface area (Å²) in [6.45, 7) is 1.95.